The second kappa shape index (κ2) is 7.92. The van der Waals surface area contributed by atoms with E-state index in [9.17, 15) is 4.79 Å². The molecule has 0 atom stereocenters. The van der Waals surface area contributed by atoms with E-state index in [4.69, 9.17) is 4.74 Å². The molecule has 0 spiro atoms. The van der Waals surface area contributed by atoms with Crippen molar-refractivity contribution in [3.05, 3.63) is 78.0 Å². The molecule has 0 radical (unpaired) electrons. The van der Waals surface area contributed by atoms with Crippen molar-refractivity contribution in [3.8, 4) is 5.75 Å². The highest BCUT2D eigenvalue weighted by Crippen LogP contribution is 2.14. The van der Waals surface area contributed by atoms with E-state index in [0.717, 1.165) is 17.0 Å². The minimum absolute atomic E-state index is 0.260. The zero-order chi connectivity index (χ0) is 17.5. The zero-order valence-electron chi connectivity index (χ0n) is 13.8. The summed E-state index contributed by atoms with van der Waals surface area (Å²) in [5, 5.41) is 14.0. The molecule has 126 valence electrons. The highest BCUT2D eigenvalue weighted by molar-refractivity contribution is 6.02. The molecular weight excluding hydrogens is 316 g/mol. The van der Waals surface area contributed by atoms with Crippen LogP contribution in [0.5, 0.6) is 5.75 Å². The fourth-order valence-electron chi connectivity index (χ4n) is 2.24. The quantitative estimate of drug-likeness (QED) is 0.723. The lowest BCUT2D eigenvalue weighted by Crippen LogP contribution is -2.14. The number of rotatable bonds is 6. The van der Waals surface area contributed by atoms with Crippen LogP contribution in [0, 0.1) is 0 Å². The molecule has 0 unspecified atom stereocenters. The molecule has 0 aliphatic carbocycles. The number of benzene rings is 2. The van der Waals surface area contributed by atoms with E-state index < -0.39 is 0 Å². The predicted molar refractivity (Wildman–Crippen MR) is 96.7 cm³/mol. The standard InChI is InChI=1S/C19H18N4O2/c1-25-16-9-5-6-14(12-16)13-20-18-11-10-17(22-23-18)19(24)21-15-7-3-2-4-8-15/h2-12H,13H2,1H3,(H,20,23)(H,21,24). The molecule has 2 N–H and O–H groups in total. The molecule has 6 heteroatoms. The van der Waals surface area contributed by atoms with Gasteiger partial charge in [0.2, 0.25) is 0 Å². The largest absolute Gasteiger partial charge is 0.497 e. The molecule has 3 aromatic rings. The number of amides is 1. The van der Waals surface area contributed by atoms with Crippen LogP contribution in [-0.4, -0.2) is 23.2 Å². The first-order valence-electron chi connectivity index (χ1n) is 7.81. The maximum Gasteiger partial charge on any atom is 0.276 e. The molecule has 0 fully saturated rings. The van der Waals surface area contributed by atoms with Gasteiger partial charge in [0.1, 0.15) is 11.6 Å². The van der Waals surface area contributed by atoms with Crippen molar-refractivity contribution >= 4 is 17.4 Å². The van der Waals surface area contributed by atoms with Crippen LogP contribution in [0.1, 0.15) is 16.1 Å². The Kier molecular flexibility index (Phi) is 5.21. The van der Waals surface area contributed by atoms with Gasteiger partial charge in [0.05, 0.1) is 7.11 Å². The van der Waals surface area contributed by atoms with Crippen LogP contribution in [0.4, 0.5) is 11.5 Å². The third-order valence-electron chi connectivity index (χ3n) is 3.54. The summed E-state index contributed by atoms with van der Waals surface area (Å²) in [5.41, 5.74) is 2.04. The Morgan fingerprint density at radius 1 is 1.00 bits per heavy atom. The Hall–Kier alpha value is -3.41. The molecule has 25 heavy (non-hydrogen) atoms. The van der Waals surface area contributed by atoms with E-state index in [0.29, 0.717) is 12.4 Å². The summed E-state index contributed by atoms with van der Waals surface area (Å²) in [7, 11) is 1.64. The third-order valence-corrected chi connectivity index (χ3v) is 3.54. The van der Waals surface area contributed by atoms with Gasteiger partial charge in [-0.2, -0.15) is 0 Å². The van der Waals surface area contributed by atoms with Crippen LogP contribution in [0.2, 0.25) is 0 Å². The molecule has 0 saturated carbocycles. The van der Waals surface area contributed by atoms with E-state index in [1.165, 1.54) is 0 Å². The second-order valence-electron chi connectivity index (χ2n) is 5.33. The number of carbonyl (C=O) groups is 1. The number of nitrogens with zero attached hydrogens (tertiary/aromatic N) is 2. The van der Waals surface area contributed by atoms with Crippen molar-refractivity contribution in [1.82, 2.24) is 10.2 Å². The lowest BCUT2D eigenvalue weighted by atomic mass is 10.2. The summed E-state index contributed by atoms with van der Waals surface area (Å²) >= 11 is 0. The third kappa shape index (κ3) is 4.54. The molecule has 1 aromatic heterocycles. The van der Waals surface area contributed by atoms with Crippen molar-refractivity contribution in [3.63, 3.8) is 0 Å². The van der Waals surface area contributed by atoms with Gasteiger partial charge in [-0.25, -0.2) is 0 Å². The Balaban J connectivity index is 1.59. The number of methoxy groups -OCH3 is 1. The first-order chi connectivity index (χ1) is 12.2. The Labute approximate surface area is 145 Å². The smallest absolute Gasteiger partial charge is 0.276 e. The number of nitrogens with one attached hydrogen (secondary N) is 2. The summed E-state index contributed by atoms with van der Waals surface area (Å²) in [4.78, 5) is 12.1. The minimum Gasteiger partial charge on any atom is -0.497 e. The lowest BCUT2D eigenvalue weighted by molar-refractivity contribution is 0.102. The second-order valence-corrected chi connectivity index (χ2v) is 5.33. The number of hydrogen-bond acceptors (Lipinski definition) is 5. The Morgan fingerprint density at radius 2 is 1.84 bits per heavy atom. The van der Waals surface area contributed by atoms with Gasteiger partial charge in [0.15, 0.2) is 5.69 Å². The fraction of sp³-hybridized carbons (Fsp3) is 0.105. The van der Waals surface area contributed by atoms with Gasteiger partial charge >= 0.3 is 0 Å². The van der Waals surface area contributed by atoms with E-state index in [1.54, 1.807) is 19.2 Å². The van der Waals surface area contributed by atoms with Crippen molar-refractivity contribution in [2.75, 3.05) is 17.7 Å². The molecule has 6 nitrogen and oxygen atoms in total. The summed E-state index contributed by atoms with van der Waals surface area (Å²) in [6.07, 6.45) is 0. The van der Waals surface area contributed by atoms with E-state index >= 15 is 0 Å². The summed E-state index contributed by atoms with van der Waals surface area (Å²) in [6.45, 7) is 0.585. The SMILES string of the molecule is COc1cccc(CNc2ccc(C(=O)Nc3ccccc3)nn2)c1. The first kappa shape index (κ1) is 16.4. The minimum atomic E-state index is -0.293. The van der Waals surface area contributed by atoms with Gasteiger partial charge in [-0.15, -0.1) is 10.2 Å². The fourth-order valence-corrected chi connectivity index (χ4v) is 2.24. The highest BCUT2D eigenvalue weighted by atomic mass is 16.5. The molecule has 1 heterocycles. The Morgan fingerprint density at radius 3 is 2.56 bits per heavy atom. The average Bonchev–Trinajstić information content (AvgIpc) is 2.67. The van der Waals surface area contributed by atoms with Gasteiger partial charge in [-0.1, -0.05) is 30.3 Å². The molecule has 0 aliphatic heterocycles. The van der Waals surface area contributed by atoms with Crippen LogP contribution >= 0.6 is 0 Å². The van der Waals surface area contributed by atoms with Gasteiger partial charge < -0.3 is 15.4 Å². The predicted octanol–water partition coefficient (Wildman–Crippen LogP) is 3.35. The summed E-state index contributed by atoms with van der Waals surface area (Å²) in [6, 6.07) is 20.4. The van der Waals surface area contributed by atoms with Crippen LogP contribution in [0.25, 0.3) is 0 Å². The van der Waals surface area contributed by atoms with E-state index in [2.05, 4.69) is 20.8 Å². The summed E-state index contributed by atoms with van der Waals surface area (Å²) < 4.78 is 5.20. The first-order valence-corrected chi connectivity index (χ1v) is 7.81. The van der Waals surface area contributed by atoms with E-state index in [1.807, 2.05) is 54.6 Å². The molecule has 0 bridgehead atoms. The molecule has 1 amide bonds. The number of aromatic nitrogens is 2. The number of hydrogen-bond donors (Lipinski definition) is 2. The molecular formula is C19H18N4O2. The zero-order valence-corrected chi connectivity index (χ0v) is 13.8. The lowest BCUT2D eigenvalue weighted by Gasteiger charge is -2.07. The Bertz CT molecular complexity index is 836. The van der Waals surface area contributed by atoms with Gasteiger partial charge in [0, 0.05) is 12.2 Å². The van der Waals surface area contributed by atoms with Crippen LogP contribution in [-0.2, 0) is 6.54 Å². The van der Waals surface area contributed by atoms with Crippen LogP contribution < -0.4 is 15.4 Å². The highest BCUT2D eigenvalue weighted by Gasteiger charge is 2.08. The average molecular weight is 334 g/mol. The number of para-hydroxylation sites is 1. The number of anilines is 2. The maximum atomic E-state index is 12.1. The van der Waals surface area contributed by atoms with Gasteiger partial charge in [-0.05, 0) is 42.0 Å². The van der Waals surface area contributed by atoms with Crippen molar-refractivity contribution in [2.24, 2.45) is 0 Å². The maximum absolute atomic E-state index is 12.1. The normalized spacial score (nSPS) is 10.1. The monoisotopic (exact) mass is 334 g/mol. The van der Waals surface area contributed by atoms with Crippen molar-refractivity contribution in [2.45, 2.75) is 6.54 Å². The molecule has 0 aliphatic rings. The van der Waals surface area contributed by atoms with Crippen LogP contribution in [0.15, 0.2) is 66.7 Å². The van der Waals surface area contributed by atoms with Crippen LogP contribution in [0.3, 0.4) is 0 Å². The van der Waals surface area contributed by atoms with Gasteiger partial charge in [0.25, 0.3) is 5.91 Å². The van der Waals surface area contributed by atoms with E-state index in [-0.39, 0.29) is 11.6 Å². The topological polar surface area (TPSA) is 76.1 Å². The molecule has 3 rings (SSSR count). The molecule has 0 saturated heterocycles. The number of carbonyl (C=O) groups excluding carboxylic acids is 1. The van der Waals surface area contributed by atoms with Crippen molar-refractivity contribution < 1.29 is 9.53 Å². The van der Waals surface area contributed by atoms with Crippen molar-refractivity contribution in [1.29, 1.82) is 0 Å². The summed E-state index contributed by atoms with van der Waals surface area (Å²) in [5.74, 6) is 1.11. The van der Waals surface area contributed by atoms with Gasteiger partial charge in [-0.3, -0.25) is 4.79 Å². The number of ether oxygens (including phenoxy) is 1. The molecule has 2 aromatic carbocycles.